The summed E-state index contributed by atoms with van der Waals surface area (Å²) in [7, 11) is 0. The summed E-state index contributed by atoms with van der Waals surface area (Å²) in [5, 5.41) is 2.97. The number of ketones is 1. The summed E-state index contributed by atoms with van der Waals surface area (Å²) < 4.78 is 0. The van der Waals surface area contributed by atoms with Crippen LogP contribution in [0.2, 0.25) is 0 Å². The van der Waals surface area contributed by atoms with E-state index < -0.39 is 0 Å². The van der Waals surface area contributed by atoms with Crippen LogP contribution >= 0.6 is 11.3 Å². The summed E-state index contributed by atoms with van der Waals surface area (Å²) in [5.74, 6) is 0.0978. The zero-order valence-electron chi connectivity index (χ0n) is 7.42. The summed E-state index contributed by atoms with van der Waals surface area (Å²) in [4.78, 5) is 15.1. The topological polar surface area (TPSA) is 30.0 Å². The zero-order valence-corrected chi connectivity index (χ0v) is 8.23. The number of allylic oxidation sites excluding steroid dienone is 1. The predicted molar refractivity (Wildman–Crippen MR) is 51.2 cm³/mol. The van der Waals surface area contributed by atoms with Gasteiger partial charge < -0.3 is 0 Å². The van der Waals surface area contributed by atoms with Crippen LogP contribution in [0.5, 0.6) is 0 Å². The van der Waals surface area contributed by atoms with Gasteiger partial charge >= 0.3 is 0 Å². The third kappa shape index (κ3) is 2.27. The Morgan fingerprint density at radius 3 is 2.67 bits per heavy atom. The molecule has 0 amide bonds. The number of carbonyl (C=O) groups is 1. The molecule has 0 bridgehead atoms. The monoisotopic (exact) mass is 181 g/mol. The standard InChI is InChI=1S/C9H11NOS/c1-6(7(2)11)4-9-5-12-8(3)10-9/h4-5H,1-3H3/b6-4+. The van der Waals surface area contributed by atoms with Crippen molar-refractivity contribution >= 4 is 23.2 Å². The maximum absolute atomic E-state index is 10.9. The Hall–Kier alpha value is -0.960. The SMILES string of the molecule is CC(=O)/C(C)=C/c1csc(C)n1. The van der Waals surface area contributed by atoms with Gasteiger partial charge in [-0.05, 0) is 32.4 Å². The summed E-state index contributed by atoms with van der Waals surface area (Å²) in [6.07, 6.45) is 1.81. The first kappa shape index (κ1) is 9.13. The van der Waals surface area contributed by atoms with Gasteiger partial charge in [0.1, 0.15) is 0 Å². The lowest BCUT2D eigenvalue weighted by molar-refractivity contribution is -0.113. The van der Waals surface area contributed by atoms with Crippen molar-refractivity contribution in [1.82, 2.24) is 4.98 Å². The molecule has 1 aromatic rings. The molecule has 64 valence electrons. The molecule has 0 N–H and O–H groups in total. The fraction of sp³-hybridized carbons (Fsp3) is 0.333. The summed E-state index contributed by atoms with van der Waals surface area (Å²) in [6.45, 7) is 5.31. The van der Waals surface area contributed by atoms with Crippen molar-refractivity contribution in [1.29, 1.82) is 0 Å². The largest absolute Gasteiger partial charge is 0.295 e. The number of Topliss-reactive ketones (excluding diaryl/α,β-unsaturated/α-hetero) is 1. The maximum atomic E-state index is 10.9. The zero-order chi connectivity index (χ0) is 9.14. The second-order valence-corrected chi connectivity index (χ2v) is 3.74. The van der Waals surface area contributed by atoms with Crippen molar-refractivity contribution in [3.63, 3.8) is 0 Å². The van der Waals surface area contributed by atoms with Crippen molar-refractivity contribution < 1.29 is 4.79 Å². The van der Waals surface area contributed by atoms with Crippen LogP contribution in [0.1, 0.15) is 24.5 Å². The lowest BCUT2D eigenvalue weighted by Crippen LogP contribution is -1.90. The number of carbonyl (C=O) groups excluding carboxylic acids is 1. The smallest absolute Gasteiger partial charge is 0.155 e. The van der Waals surface area contributed by atoms with Crippen LogP contribution in [-0.2, 0) is 4.79 Å². The molecule has 0 radical (unpaired) electrons. The third-order valence-electron chi connectivity index (χ3n) is 1.56. The van der Waals surface area contributed by atoms with Crippen LogP contribution < -0.4 is 0 Å². The van der Waals surface area contributed by atoms with E-state index in [2.05, 4.69) is 4.98 Å². The van der Waals surface area contributed by atoms with E-state index in [1.807, 2.05) is 18.4 Å². The van der Waals surface area contributed by atoms with Crippen molar-refractivity contribution in [3.8, 4) is 0 Å². The molecule has 12 heavy (non-hydrogen) atoms. The molecule has 0 aliphatic rings. The number of rotatable bonds is 2. The molecule has 0 spiro atoms. The van der Waals surface area contributed by atoms with Gasteiger partial charge in [0.25, 0.3) is 0 Å². The molecule has 1 aromatic heterocycles. The molecule has 1 rings (SSSR count). The van der Waals surface area contributed by atoms with E-state index in [0.717, 1.165) is 16.3 Å². The van der Waals surface area contributed by atoms with E-state index in [4.69, 9.17) is 0 Å². The van der Waals surface area contributed by atoms with E-state index in [1.54, 1.807) is 25.2 Å². The Morgan fingerprint density at radius 1 is 1.58 bits per heavy atom. The molecule has 3 heteroatoms. The molecule has 1 heterocycles. The Bertz CT molecular complexity index is 325. The first-order valence-electron chi connectivity index (χ1n) is 3.71. The summed E-state index contributed by atoms with van der Waals surface area (Å²) in [5.41, 5.74) is 1.63. The van der Waals surface area contributed by atoms with Gasteiger partial charge in [0.05, 0.1) is 10.7 Å². The van der Waals surface area contributed by atoms with E-state index in [9.17, 15) is 4.79 Å². The molecule has 0 atom stereocenters. The van der Waals surface area contributed by atoms with Crippen LogP contribution in [-0.4, -0.2) is 10.8 Å². The van der Waals surface area contributed by atoms with E-state index in [1.165, 1.54) is 0 Å². The van der Waals surface area contributed by atoms with E-state index in [0.29, 0.717) is 0 Å². The molecule has 0 saturated carbocycles. The highest BCUT2D eigenvalue weighted by Gasteiger charge is 1.98. The minimum absolute atomic E-state index is 0.0978. The highest BCUT2D eigenvalue weighted by Crippen LogP contribution is 2.11. The molecule has 0 saturated heterocycles. The second-order valence-electron chi connectivity index (χ2n) is 2.67. The van der Waals surface area contributed by atoms with Crippen molar-refractivity contribution in [2.24, 2.45) is 0 Å². The molecule has 0 aromatic carbocycles. The third-order valence-corrected chi connectivity index (χ3v) is 2.35. The fourth-order valence-electron chi connectivity index (χ4n) is 0.770. The van der Waals surface area contributed by atoms with Crippen molar-refractivity contribution in [2.75, 3.05) is 0 Å². The minimum atomic E-state index is 0.0978. The van der Waals surface area contributed by atoms with Gasteiger partial charge in [-0.25, -0.2) is 4.98 Å². The quantitative estimate of drug-likeness (QED) is 0.656. The highest BCUT2D eigenvalue weighted by atomic mass is 32.1. The molecule has 0 unspecified atom stereocenters. The van der Waals surface area contributed by atoms with E-state index >= 15 is 0 Å². The Kier molecular flexibility index (Phi) is 2.76. The summed E-state index contributed by atoms with van der Waals surface area (Å²) >= 11 is 1.59. The Morgan fingerprint density at radius 2 is 2.25 bits per heavy atom. The number of hydrogen-bond acceptors (Lipinski definition) is 3. The Balaban J connectivity index is 2.87. The van der Waals surface area contributed by atoms with Gasteiger partial charge in [0.2, 0.25) is 0 Å². The van der Waals surface area contributed by atoms with Gasteiger partial charge in [-0.2, -0.15) is 0 Å². The van der Waals surface area contributed by atoms with Gasteiger partial charge in [-0.1, -0.05) is 0 Å². The van der Waals surface area contributed by atoms with Crippen LogP contribution in [0.25, 0.3) is 6.08 Å². The number of thiazole rings is 1. The lowest BCUT2D eigenvalue weighted by atomic mass is 10.2. The normalized spacial score (nSPS) is 11.8. The average Bonchev–Trinajstić information content (AvgIpc) is 2.35. The number of hydrogen-bond donors (Lipinski definition) is 0. The minimum Gasteiger partial charge on any atom is -0.295 e. The molecular formula is C9H11NOS. The lowest BCUT2D eigenvalue weighted by Gasteiger charge is -1.90. The predicted octanol–water partition coefficient (Wildman–Crippen LogP) is 2.44. The Labute approximate surface area is 76.0 Å². The van der Waals surface area contributed by atoms with Crippen LogP contribution in [0.3, 0.4) is 0 Å². The van der Waals surface area contributed by atoms with Crippen LogP contribution in [0.4, 0.5) is 0 Å². The maximum Gasteiger partial charge on any atom is 0.155 e. The summed E-state index contributed by atoms with van der Waals surface area (Å²) in [6, 6.07) is 0. The molecule has 0 aliphatic heterocycles. The van der Waals surface area contributed by atoms with Gasteiger partial charge in [-0.3, -0.25) is 4.79 Å². The van der Waals surface area contributed by atoms with Gasteiger partial charge in [0.15, 0.2) is 5.78 Å². The van der Waals surface area contributed by atoms with Crippen LogP contribution in [0, 0.1) is 6.92 Å². The molecular weight excluding hydrogens is 170 g/mol. The number of aromatic nitrogens is 1. The van der Waals surface area contributed by atoms with Gasteiger partial charge in [0, 0.05) is 5.38 Å². The van der Waals surface area contributed by atoms with Crippen molar-refractivity contribution in [2.45, 2.75) is 20.8 Å². The fourth-order valence-corrected chi connectivity index (χ4v) is 1.34. The number of nitrogens with zero attached hydrogens (tertiary/aromatic N) is 1. The number of aryl methyl sites for hydroxylation is 1. The molecule has 0 aliphatic carbocycles. The molecule has 2 nitrogen and oxygen atoms in total. The average molecular weight is 181 g/mol. The van der Waals surface area contributed by atoms with Gasteiger partial charge in [-0.15, -0.1) is 11.3 Å². The second kappa shape index (κ2) is 3.63. The first-order valence-corrected chi connectivity index (χ1v) is 4.59. The van der Waals surface area contributed by atoms with Crippen molar-refractivity contribution in [3.05, 3.63) is 21.7 Å². The van der Waals surface area contributed by atoms with E-state index in [-0.39, 0.29) is 5.78 Å². The molecule has 0 fully saturated rings. The first-order chi connectivity index (χ1) is 5.59. The highest BCUT2D eigenvalue weighted by molar-refractivity contribution is 7.09. The van der Waals surface area contributed by atoms with Crippen LogP contribution in [0.15, 0.2) is 11.0 Å².